The van der Waals surface area contributed by atoms with Crippen LogP contribution in [0, 0.1) is 0 Å². The zero-order valence-electron chi connectivity index (χ0n) is 15.4. The van der Waals surface area contributed by atoms with Crippen LogP contribution in [-0.4, -0.2) is 53.1 Å². The third-order valence-electron chi connectivity index (χ3n) is 4.65. The van der Waals surface area contributed by atoms with Crippen LogP contribution in [0.3, 0.4) is 0 Å². The van der Waals surface area contributed by atoms with Gasteiger partial charge in [0.1, 0.15) is 5.75 Å². The molecule has 1 amide bonds. The highest BCUT2D eigenvalue weighted by atomic mass is 16.5. The minimum Gasteiger partial charge on any atom is -0.494 e. The van der Waals surface area contributed by atoms with Gasteiger partial charge in [0.15, 0.2) is 0 Å². The lowest BCUT2D eigenvalue weighted by atomic mass is 10.1. The van der Waals surface area contributed by atoms with Crippen molar-refractivity contribution < 1.29 is 9.53 Å². The number of aryl methyl sites for hydroxylation is 1. The Morgan fingerprint density at radius 2 is 1.77 bits per heavy atom. The summed E-state index contributed by atoms with van der Waals surface area (Å²) in [6, 6.07) is 11.3. The van der Waals surface area contributed by atoms with E-state index in [0.29, 0.717) is 25.3 Å². The van der Waals surface area contributed by atoms with Crippen LogP contribution in [0.2, 0.25) is 0 Å². The van der Waals surface area contributed by atoms with E-state index >= 15 is 0 Å². The van der Waals surface area contributed by atoms with Gasteiger partial charge in [0.05, 0.1) is 6.61 Å². The normalized spacial score (nSPS) is 15.1. The largest absolute Gasteiger partial charge is 0.494 e. The second kappa shape index (κ2) is 8.19. The first kappa shape index (κ1) is 18.2. The summed E-state index contributed by atoms with van der Waals surface area (Å²) in [6.07, 6.45) is 1.64. The zero-order valence-corrected chi connectivity index (χ0v) is 15.4. The van der Waals surface area contributed by atoms with Gasteiger partial charge in [-0.2, -0.15) is 0 Å². The Balaban J connectivity index is 1.54. The first-order valence-corrected chi connectivity index (χ1v) is 8.97. The lowest BCUT2D eigenvalue weighted by Crippen LogP contribution is -2.48. The number of piperazine rings is 1. The van der Waals surface area contributed by atoms with Gasteiger partial charge in [0.25, 0.3) is 11.5 Å². The van der Waals surface area contributed by atoms with Crippen LogP contribution >= 0.6 is 0 Å². The van der Waals surface area contributed by atoms with Crippen LogP contribution in [0.5, 0.6) is 5.75 Å². The van der Waals surface area contributed by atoms with E-state index in [1.807, 2.05) is 24.0 Å². The Hall–Kier alpha value is -2.60. The van der Waals surface area contributed by atoms with Gasteiger partial charge < -0.3 is 14.2 Å². The quantitative estimate of drug-likeness (QED) is 0.820. The van der Waals surface area contributed by atoms with E-state index < -0.39 is 0 Å². The molecule has 0 aliphatic carbocycles. The summed E-state index contributed by atoms with van der Waals surface area (Å²) in [5.74, 6) is 0.823. The predicted octanol–water partition coefficient (Wildman–Crippen LogP) is 1.74. The zero-order chi connectivity index (χ0) is 18.5. The smallest absolute Gasteiger partial charge is 0.254 e. The predicted molar refractivity (Wildman–Crippen MR) is 100 cm³/mol. The molecule has 1 fully saturated rings. The maximum Gasteiger partial charge on any atom is 0.254 e. The van der Waals surface area contributed by atoms with Crippen LogP contribution in [0.15, 0.2) is 47.4 Å². The van der Waals surface area contributed by atoms with Crippen molar-refractivity contribution in [1.29, 1.82) is 0 Å². The molecule has 0 N–H and O–H groups in total. The molecule has 0 spiro atoms. The fourth-order valence-electron chi connectivity index (χ4n) is 3.09. The fraction of sp³-hybridized carbons (Fsp3) is 0.400. The van der Waals surface area contributed by atoms with E-state index in [9.17, 15) is 9.59 Å². The highest BCUT2D eigenvalue weighted by Crippen LogP contribution is 2.15. The van der Waals surface area contributed by atoms with Crippen molar-refractivity contribution in [3.63, 3.8) is 0 Å². The molecule has 0 atom stereocenters. The molecular formula is C20H25N3O3. The van der Waals surface area contributed by atoms with Crippen molar-refractivity contribution >= 4 is 5.91 Å². The monoisotopic (exact) mass is 355 g/mol. The number of benzene rings is 1. The van der Waals surface area contributed by atoms with Crippen molar-refractivity contribution in [2.75, 3.05) is 32.8 Å². The van der Waals surface area contributed by atoms with Crippen LogP contribution in [0.4, 0.5) is 0 Å². The van der Waals surface area contributed by atoms with Crippen molar-refractivity contribution in [2.24, 2.45) is 7.05 Å². The number of amides is 1. The van der Waals surface area contributed by atoms with Crippen molar-refractivity contribution in [2.45, 2.75) is 13.5 Å². The third-order valence-corrected chi connectivity index (χ3v) is 4.65. The number of carbonyl (C=O) groups is 1. The molecule has 3 rings (SSSR count). The lowest BCUT2D eigenvalue weighted by Gasteiger charge is -2.34. The summed E-state index contributed by atoms with van der Waals surface area (Å²) in [7, 11) is 1.68. The standard InChI is InChI=1S/C20H25N3O3/c1-3-26-18-6-4-16(5-7-18)15-22-10-12-23(13-11-22)20(25)17-8-9-21(2)19(24)14-17/h4-9,14H,3,10-13,15H2,1-2H3. The number of aromatic nitrogens is 1. The number of carbonyl (C=O) groups excluding carboxylic acids is 1. The second-order valence-electron chi connectivity index (χ2n) is 6.51. The summed E-state index contributed by atoms with van der Waals surface area (Å²) in [5, 5.41) is 0. The topological polar surface area (TPSA) is 54.8 Å². The minimum absolute atomic E-state index is 0.0663. The van der Waals surface area contributed by atoms with Gasteiger partial charge >= 0.3 is 0 Å². The number of nitrogens with zero attached hydrogens (tertiary/aromatic N) is 3. The van der Waals surface area contributed by atoms with Crippen molar-refractivity contribution in [3.05, 3.63) is 64.1 Å². The number of pyridine rings is 1. The molecule has 1 aliphatic heterocycles. The van der Waals surface area contributed by atoms with Gasteiger partial charge in [-0.1, -0.05) is 12.1 Å². The fourth-order valence-corrected chi connectivity index (χ4v) is 3.09. The number of hydrogen-bond donors (Lipinski definition) is 0. The SMILES string of the molecule is CCOc1ccc(CN2CCN(C(=O)c3ccn(C)c(=O)c3)CC2)cc1. The first-order valence-electron chi connectivity index (χ1n) is 8.97. The second-order valence-corrected chi connectivity index (χ2v) is 6.51. The Morgan fingerprint density at radius 3 is 2.38 bits per heavy atom. The van der Waals surface area contributed by atoms with E-state index in [-0.39, 0.29) is 11.5 Å². The van der Waals surface area contributed by atoms with Crippen LogP contribution in [-0.2, 0) is 13.6 Å². The van der Waals surface area contributed by atoms with Gasteiger partial charge in [-0.25, -0.2) is 0 Å². The molecule has 1 aromatic heterocycles. The number of hydrogen-bond acceptors (Lipinski definition) is 4. The van der Waals surface area contributed by atoms with Gasteiger partial charge in [0.2, 0.25) is 0 Å². The third kappa shape index (κ3) is 4.32. The Kier molecular flexibility index (Phi) is 5.73. The summed E-state index contributed by atoms with van der Waals surface area (Å²) >= 11 is 0. The molecular weight excluding hydrogens is 330 g/mol. The summed E-state index contributed by atoms with van der Waals surface area (Å²) < 4.78 is 6.93. The highest BCUT2D eigenvalue weighted by molar-refractivity contribution is 5.94. The Labute approximate surface area is 153 Å². The molecule has 0 radical (unpaired) electrons. The molecule has 6 nitrogen and oxygen atoms in total. The van der Waals surface area contributed by atoms with Crippen LogP contribution < -0.4 is 10.3 Å². The molecule has 1 aromatic carbocycles. The molecule has 2 aromatic rings. The molecule has 0 bridgehead atoms. The average molecular weight is 355 g/mol. The van der Waals surface area contributed by atoms with Crippen molar-refractivity contribution in [3.8, 4) is 5.75 Å². The minimum atomic E-state index is -0.162. The average Bonchev–Trinajstić information content (AvgIpc) is 2.66. The first-order chi connectivity index (χ1) is 12.6. The number of rotatable bonds is 5. The Morgan fingerprint density at radius 1 is 1.08 bits per heavy atom. The molecule has 0 saturated carbocycles. The van der Waals surface area contributed by atoms with E-state index in [0.717, 1.165) is 25.4 Å². The summed E-state index contributed by atoms with van der Waals surface area (Å²) in [6.45, 7) is 6.49. The molecule has 6 heteroatoms. The Bertz CT molecular complexity index is 806. The van der Waals surface area contributed by atoms with E-state index in [4.69, 9.17) is 4.74 Å². The van der Waals surface area contributed by atoms with E-state index in [1.54, 1.807) is 19.3 Å². The molecule has 2 heterocycles. The number of ether oxygens (including phenoxy) is 1. The maximum atomic E-state index is 12.6. The van der Waals surface area contributed by atoms with Gasteiger partial charge in [-0.15, -0.1) is 0 Å². The van der Waals surface area contributed by atoms with Crippen LogP contribution in [0.1, 0.15) is 22.8 Å². The van der Waals surface area contributed by atoms with E-state index in [1.165, 1.54) is 16.2 Å². The summed E-state index contributed by atoms with van der Waals surface area (Å²) in [5.41, 5.74) is 1.54. The highest BCUT2D eigenvalue weighted by Gasteiger charge is 2.22. The molecule has 138 valence electrons. The molecule has 26 heavy (non-hydrogen) atoms. The molecule has 0 unspecified atom stereocenters. The summed E-state index contributed by atoms with van der Waals surface area (Å²) in [4.78, 5) is 28.5. The van der Waals surface area contributed by atoms with Crippen LogP contribution in [0.25, 0.3) is 0 Å². The van der Waals surface area contributed by atoms with Gasteiger partial charge in [-0.05, 0) is 30.7 Å². The van der Waals surface area contributed by atoms with Gasteiger partial charge in [-0.3, -0.25) is 14.5 Å². The van der Waals surface area contributed by atoms with E-state index in [2.05, 4.69) is 17.0 Å². The maximum absolute atomic E-state index is 12.6. The van der Waals surface area contributed by atoms with Crippen molar-refractivity contribution in [1.82, 2.24) is 14.4 Å². The molecule has 1 aliphatic rings. The lowest BCUT2D eigenvalue weighted by molar-refractivity contribution is 0.0628. The van der Waals surface area contributed by atoms with Gasteiger partial charge in [0, 0.05) is 57.6 Å². The molecule has 1 saturated heterocycles.